The normalized spacial score (nSPS) is 15.2. The predicted octanol–water partition coefficient (Wildman–Crippen LogP) is 4.94. The molecule has 0 spiro atoms. The van der Waals surface area contributed by atoms with Gasteiger partial charge in [0.1, 0.15) is 12.4 Å². The van der Waals surface area contributed by atoms with Gasteiger partial charge in [-0.05, 0) is 59.0 Å². The fourth-order valence-corrected chi connectivity index (χ4v) is 3.89. The van der Waals surface area contributed by atoms with Crippen LogP contribution in [0.2, 0.25) is 0 Å². The number of morpholine rings is 1. The first-order valence-electron chi connectivity index (χ1n) is 11.3. The van der Waals surface area contributed by atoms with Crippen molar-refractivity contribution in [2.45, 2.75) is 0 Å². The molecule has 1 aliphatic rings. The lowest BCUT2D eigenvalue weighted by Crippen LogP contribution is -2.38. The van der Waals surface area contributed by atoms with E-state index in [1.807, 2.05) is 36.5 Å². The van der Waals surface area contributed by atoms with Gasteiger partial charge in [0.15, 0.2) is 0 Å². The van der Waals surface area contributed by atoms with Crippen LogP contribution in [0.25, 0.3) is 35.2 Å². The van der Waals surface area contributed by atoms with Crippen LogP contribution in [0.15, 0.2) is 60.8 Å². The number of ether oxygens (including phenoxy) is 2. The first-order chi connectivity index (χ1) is 16.3. The molecule has 0 amide bonds. The molecule has 0 radical (unpaired) electrons. The summed E-state index contributed by atoms with van der Waals surface area (Å²) in [6, 6.07) is 18.6. The van der Waals surface area contributed by atoms with Gasteiger partial charge >= 0.3 is 0 Å². The molecule has 0 bridgehead atoms. The number of nitrogens with zero attached hydrogens (tertiary/aromatic N) is 2. The number of benzene rings is 2. The van der Waals surface area contributed by atoms with Gasteiger partial charge in [-0.3, -0.25) is 10.00 Å². The van der Waals surface area contributed by atoms with Crippen molar-refractivity contribution in [2.75, 3.05) is 39.5 Å². The molecule has 6 nitrogen and oxygen atoms in total. The van der Waals surface area contributed by atoms with E-state index in [1.54, 1.807) is 0 Å². The molecular formula is C27H28N4O2. The van der Waals surface area contributed by atoms with Crippen LogP contribution < -0.4 is 4.74 Å². The third-order valence-corrected chi connectivity index (χ3v) is 5.74. The molecule has 1 saturated heterocycles. The Labute approximate surface area is 193 Å². The highest BCUT2D eigenvalue weighted by Gasteiger charge is 2.09. The average Bonchev–Trinajstić information content (AvgIpc) is 3.51. The number of aromatic nitrogens is 3. The highest BCUT2D eigenvalue weighted by atomic mass is 16.5. The van der Waals surface area contributed by atoms with Crippen molar-refractivity contribution in [2.24, 2.45) is 0 Å². The third kappa shape index (κ3) is 5.80. The molecule has 2 N–H and O–H groups in total. The monoisotopic (exact) mass is 440 g/mol. The maximum atomic E-state index is 5.95. The van der Waals surface area contributed by atoms with Crippen molar-refractivity contribution in [3.63, 3.8) is 0 Å². The maximum absolute atomic E-state index is 5.95. The Morgan fingerprint density at radius 3 is 2.76 bits per heavy atom. The van der Waals surface area contributed by atoms with Crippen molar-refractivity contribution in [3.8, 4) is 5.75 Å². The fraction of sp³-hybridized carbons (Fsp3) is 0.222. The fourth-order valence-electron chi connectivity index (χ4n) is 3.89. The number of nitrogens with one attached hydrogen (secondary N) is 2. The van der Waals surface area contributed by atoms with Crippen molar-refractivity contribution in [3.05, 3.63) is 83.3 Å². The molecule has 1 fully saturated rings. The second kappa shape index (κ2) is 10.3. The summed E-state index contributed by atoms with van der Waals surface area (Å²) >= 11 is 0. The van der Waals surface area contributed by atoms with Gasteiger partial charge in [-0.15, -0.1) is 0 Å². The van der Waals surface area contributed by atoms with Crippen molar-refractivity contribution >= 4 is 35.2 Å². The van der Waals surface area contributed by atoms with Crippen LogP contribution in [-0.4, -0.2) is 59.5 Å². The molecule has 1 aliphatic heterocycles. The molecule has 0 saturated carbocycles. The van der Waals surface area contributed by atoms with Gasteiger partial charge in [-0.2, -0.15) is 5.10 Å². The summed E-state index contributed by atoms with van der Waals surface area (Å²) in [6.45, 7) is 5.19. The van der Waals surface area contributed by atoms with E-state index >= 15 is 0 Å². The topological polar surface area (TPSA) is 66.2 Å². The van der Waals surface area contributed by atoms with Crippen LogP contribution in [0.5, 0.6) is 5.75 Å². The van der Waals surface area contributed by atoms with Gasteiger partial charge in [0.25, 0.3) is 0 Å². The molecule has 0 aliphatic carbocycles. The van der Waals surface area contributed by atoms with Crippen LogP contribution in [0.1, 0.15) is 22.5 Å². The Balaban J connectivity index is 1.16. The highest BCUT2D eigenvalue weighted by molar-refractivity contribution is 5.83. The summed E-state index contributed by atoms with van der Waals surface area (Å²) in [5.74, 6) is 0.884. The average molecular weight is 441 g/mol. The van der Waals surface area contributed by atoms with Crippen molar-refractivity contribution in [1.82, 2.24) is 20.1 Å². The number of rotatable bonds is 8. The Bertz CT molecular complexity index is 1250. The molecule has 3 heterocycles. The van der Waals surface area contributed by atoms with E-state index in [0.717, 1.165) is 66.6 Å². The van der Waals surface area contributed by atoms with Crippen LogP contribution in [-0.2, 0) is 4.74 Å². The zero-order valence-electron chi connectivity index (χ0n) is 18.5. The van der Waals surface area contributed by atoms with Crippen LogP contribution in [0, 0.1) is 0 Å². The Morgan fingerprint density at radius 1 is 0.939 bits per heavy atom. The third-order valence-electron chi connectivity index (χ3n) is 5.74. The van der Waals surface area contributed by atoms with Crippen molar-refractivity contribution < 1.29 is 9.47 Å². The number of fused-ring (bicyclic) bond motifs is 1. The molecule has 168 valence electrons. The van der Waals surface area contributed by atoms with Crippen LogP contribution >= 0.6 is 0 Å². The Kier molecular flexibility index (Phi) is 6.66. The number of hydrogen-bond donors (Lipinski definition) is 2. The molecule has 2 aromatic carbocycles. The van der Waals surface area contributed by atoms with Crippen LogP contribution in [0.3, 0.4) is 0 Å². The van der Waals surface area contributed by atoms with E-state index in [2.05, 4.69) is 68.6 Å². The van der Waals surface area contributed by atoms with Crippen LogP contribution in [0.4, 0.5) is 0 Å². The lowest BCUT2D eigenvalue weighted by molar-refractivity contribution is 0.0322. The van der Waals surface area contributed by atoms with Crippen molar-refractivity contribution in [1.29, 1.82) is 0 Å². The molecule has 6 heteroatoms. The zero-order valence-corrected chi connectivity index (χ0v) is 18.5. The van der Waals surface area contributed by atoms with E-state index < -0.39 is 0 Å². The molecule has 0 atom stereocenters. The maximum Gasteiger partial charge on any atom is 0.119 e. The van der Waals surface area contributed by atoms with E-state index in [0.29, 0.717) is 6.61 Å². The Morgan fingerprint density at radius 2 is 1.82 bits per heavy atom. The second-order valence-electron chi connectivity index (χ2n) is 8.11. The smallest absolute Gasteiger partial charge is 0.119 e. The molecule has 4 aromatic rings. The first-order valence-corrected chi connectivity index (χ1v) is 11.3. The molecule has 0 unspecified atom stereocenters. The van der Waals surface area contributed by atoms with Gasteiger partial charge in [0, 0.05) is 31.3 Å². The van der Waals surface area contributed by atoms with E-state index in [-0.39, 0.29) is 0 Å². The summed E-state index contributed by atoms with van der Waals surface area (Å²) in [4.78, 5) is 5.62. The zero-order chi connectivity index (χ0) is 22.3. The molecule has 33 heavy (non-hydrogen) atoms. The van der Waals surface area contributed by atoms with E-state index in [4.69, 9.17) is 9.47 Å². The minimum atomic E-state index is 0.680. The lowest BCUT2D eigenvalue weighted by Gasteiger charge is -2.26. The standard InChI is InChI=1S/C27H28N4O2/c1-2-21(18-26(3-1)33-17-14-31-12-15-32-16-13-31)5-8-24-20-25(30-29-24)9-6-22-4-7-23-10-11-28-27(23)19-22/h1-11,18-20,28H,12-17H2,(H,29,30)/b8-5?,9-6+. The summed E-state index contributed by atoms with van der Waals surface area (Å²) in [7, 11) is 0. The number of hydrogen-bond acceptors (Lipinski definition) is 4. The number of aromatic amines is 2. The number of H-pyrrole nitrogens is 2. The molecule has 5 rings (SSSR count). The summed E-state index contributed by atoms with van der Waals surface area (Å²) in [6.07, 6.45) is 10.1. The second-order valence-corrected chi connectivity index (χ2v) is 8.11. The molecule has 2 aromatic heterocycles. The van der Waals surface area contributed by atoms with Gasteiger partial charge < -0.3 is 14.5 Å². The van der Waals surface area contributed by atoms with Gasteiger partial charge in [0.2, 0.25) is 0 Å². The first kappa shape index (κ1) is 21.2. The quantitative estimate of drug-likeness (QED) is 0.407. The minimum absolute atomic E-state index is 0.680. The Hall–Kier alpha value is -3.61. The lowest BCUT2D eigenvalue weighted by atomic mass is 10.1. The molecular weight excluding hydrogens is 412 g/mol. The predicted molar refractivity (Wildman–Crippen MR) is 134 cm³/mol. The summed E-state index contributed by atoms with van der Waals surface area (Å²) in [5, 5.41) is 8.69. The largest absolute Gasteiger partial charge is 0.492 e. The SMILES string of the molecule is C(=Cc1cc(/C=C/c2ccc3cc[nH]c3c2)[nH]n1)c1cccc(OCCN2CCOCC2)c1. The summed E-state index contributed by atoms with van der Waals surface area (Å²) < 4.78 is 11.3. The summed E-state index contributed by atoms with van der Waals surface area (Å²) in [5.41, 5.74) is 5.20. The van der Waals surface area contributed by atoms with E-state index in [9.17, 15) is 0 Å². The van der Waals surface area contributed by atoms with Gasteiger partial charge in [-0.25, -0.2) is 0 Å². The highest BCUT2D eigenvalue weighted by Crippen LogP contribution is 2.18. The minimum Gasteiger partial charge on any atom is -0.492 e. The van der Waals surface area contributed by atoms with E-state index in [1.165, 1.54) is 5.39 Å². The van der Waals surface area contributed by atoms with Gasteiger partial charge in [-0.1, -0.05) is 36.4 Å². The van der Waals surface area contributed by atoms with Gasteiger partial charge in [0.05, 0.1) is 24.6 Å².